The smallest absolute Gasteiger partial charge is 0.224 e. The summed E-state index contributed by atoms with van der Waals surface area (Å²) < 4.78 is 0. The Hall–Kier alpha value is -0.610. The van der Waals surface area contributed by atoms with Gasteiger partial charge in [0.25, 0.3) is 0 Å². The molecule has 1 amide bonds. The average Bonchev–Trinajstić information content (AvgIpc) is 2.28. The summed E-state index contributed by atoms with van der Waals surface area (Å²) in [5, 5.41) is 0. The number of carbonyl (C=O) groups is 1. The van der Waals surface area contributed by atoms with Crippen LogP contribution in [-0.2, 0) is 4.79 Å². The van der Waals surface area contributed by atoms with Crippen LogP contribution in [-0.4, -0.2) is 55.5 Å². The van der Waals surface area contributed by atoms with Crippen molar-refractivity contribution in [1.29, 1.82) is 0 Å². The van der Waals surface area contributed by atoms with Crippen LogP contribution in [0, 0.1) is 5.92 Å². The first-order chi connectivity index (χ1) is 8.02. The van der Waals surface area contributed by atoms with E-state index < -0.39 is 0 Å². The molecule has 0 aliphatic carbocycles. The molecule has 0 radical (unpaired) electrons. The van der Waals surface area contributed by atoms with E-state index in [1.54, 1.807) is 0 Å². The van der Waals surface area contributed by atoms with E-state index in [1.807, 2.05) is 11.8 Å². The molecule has 2 N–H and O–H groups in total. The van der Waals surface area contributed by atoms with Gasteiger partial charge in [0.05, 0.1) is 0 Å². The lowest BCUT2D eigenvalue weighted by Gasteiger charge is -2.33. The van der Waals surface area contributed by atoms with Crippen LogP contribution >= 0.6 is 0 Å². The van der Waals surface area contributed by atoms with E-state index in [1.165, 1.54) is 0 Å². The lowest BCUT2D eigenvalue weighted by Crippen LogP contribution is -2.42. The van der Waals surface area contributed by atoms with Gasteiger partial charge in [-0.3, -0.25) is 4.79 Å². The normalized spacial score (nSPS) is 19.7. The maximum Gasteiger partial charge on any atom is 0.224 e. The van der Waals surface area contributed by atoms with Gasteiger partial charge in [-0.2, -0.15) is 0 Å². The molecular weight excluding hydrogens is 214 g/mol. The molecule has 4 nitrogen and oxygen atoms in total. The minimum Gasteiger partial charge on any atom is -0.343 e. The summed E-state index contributed by atoms with van der Waals surface area (Å²) in [4.78, 5) is 16.2. The first-order valence-electron chi connectivity index (χ1n) is 6.71. The number of amides is 1. The molecule has 1 aliphatic rings. The lowest BCUT2D eigenvalue weighted by atomic mass is 9.96. The summed E-state index contributed by atoms with van der Waals surface area (Å²) in [5.74, 6) is 0.983. The predicted molar refractivity (Wildman–Crippen MR) is 70.7 cm³/mol. The van der Waals surface area contributed by atoms with Crippen molar-refractivity contribution in [3.8, 4) is 0 Å². The Morgan fingerprint density at radius 1 is 1.41 bits per heavy atom. The molecule has 1 atom stereocenters. The quantitative estimate of drug-likeness (QED) is 0.778. The van der Waals surface area contributed by atoms with Crippen LogP contribution in [0.4, 0.5) is 0 Å². The number of carbonyl (C=O) groups excluding carboxylic acids is 1. The van der Waals surface area contributed by atoms with Crippen molar-refractivity contribution in [1.82, 2.24) is 9.80 Å². The van der Waals surface area contributed by atoms with Crippen molar-refractivity contribution >= 4 is 5.91 Å². The van der Waals surface area contributed by atoms with Crippen LogP contribution in [0.25, 0.3) is 0 Å². The highest BCUT2D eigenvalue weighted by Crippen LogP contribution is 2.18. The minimum absolute atomic E-state index is 0.0296. The Balaban J connectivity index is 2.28. The molecule has 0 aromatic rings. The fourth-order valence-corrected chi connectivity index (χ4v) is 2.38. The van der Waals surface area contributed by atoms with Crippen molar-refractivity contribution in [2.75, 3.05) is 33.7 Å². The molecule has 100 valence electrons. The lowest BCUT2D eigenvalue weighted by molar-refractivity contribution is -0.133. The van der Waals surface area contributed by atoms with E-state index in [4.69, 9.17) is 5.73 Å². The second-order valence-electron chi connectivity index (χ2n) is 5.46. The molecule has 1 saturated heterocycles. The maximum absolute atomic E-state index is 11.9. The zero-order valence-corrected chi connectivity index (χ0v) is 11.5. The van der Waals surface area contributed by atoms with Gasteiger partial charge in [-0.05, 0) is 39.3 Å². The van der Waals surface area contributed by atoms with Gasteiger partial charge in [-0.15, -0.1) is 0 Å². The summed E-state index contributed by atoms with van der Waals surface area (Å²) in [7, 11) is 4.22. The summed E-state index contributed by atoms with van der Waals surface area (Å²) in [6.45, 7) is 4.99. The third kappa shape index (κ3) is 5.04. The number of hydrogen-bond donors (Lipinski definition) is 1. The molecule has 17 heavy (non-hydrogen) atoms. The van der Waals surface area contributed by atoms with Gasteiger partial charge in [-0.1, -0.05) is 6.92 Å². The van der Waals surface area contributed by atoms with Crippen LogP contribution in [0.2, 0.25) is 0 Å². The standard InChI is InChI=1S/C13H27N3O/c1-4-12(14)9-13(17)16-7-5-11(6-8-16)10-15(2)3/h11-12H,4-10,14H2,1-3H3. The molecule has 0 aromatic heterocycles. The third-order valence-corrected chi connectivity index (χ3v) is 3.55. The van der Waals surface area contributed by atoms with E-state index >= 15 is 0 Å². The largest absolute Gasteiger partial charge is 0.343 e. The van der Waals surface area contributed by atoms with Crippen LogP contribution < -0.4 is 5.73 Å². The Labute approximate surface area is 105 Å². The summed E-state index contributed by atoms with van der Waals surface area (Å²) in [6.07, 6.45) is 3.65. The molecule has 1 heterocycles. The first-order valence-corrected chi connectivity index (χ1v) is 6.71. The number of hydrogen-bond acceptors (Lipinski definition) is 3. The van der Waals surface area contributed by atoms with Crippen molar-refractivity contribution in [3.05, 3.63) is 0 Å². The second-order valence-corrected chi connectivity index (χ2v) is 5.46. The van der Waals surface area contributed by atoms with Crippen molar-refractivity contribution < 1.29 is 4.79 Å². The summed E-state index contributed by atoms with van der Waals surface area (Å²) in [6, 6.07) is 0.0296. The minimum atomic E-state index is 0.0296. The fraction of sp³-hybridized carbons (Fsp3) is 0.923. The van der Waals surface area contributed by atoms with E-state index in [0.29, 0.717) is 6.42 Å². The Morgan fingerprint density at radius 3 is 2.47 bits per heavy atom. The van der Waals surface area contributed by atoms with Gasteiger partial charge in [0.2, 0.25) is 5.91 Å². The van der Waals surface area contributed by atoms with Crippen LogP contribution in [0.1, 0.15) is 32.6 Å². The van der Waals surface area contributed by atoms with Gasteiger partial charge in [0.1, 0.15) is 0 Å². The summed E-state index contributed by atoms with van der Waals surface area (Å²) in [5.41, 5.74) is 5.82. The average molecular weight is 241 g/mol. The molecular formula is C13H27N3O. The maximum atomic E-state index is 11.9. The molecule has 1 aliphatic heterocycles. The third-order valence-electron chi connectivity index (χ3n) is 3.55. The number of nitrogens with zero attached hydrogens (tertiary/aromatic N) is 2. The highest BCUT2D eigenvalue weighted by atomic mass is 16.2. The van der Waals surface area contributed by atoms with E-state index in [-0.39, 0.29) is 11.9 Å². The van der Waals surface area contributed by atoms with Crippen molar-refractivity contribution in [3.63, 3.8) is 0 Å². The molecule has 0 aromatic carbocycles. The Morgan fingerprint density at radius 2 is 2.00 bits per heavy atom. The fourth-order valence-electron chi connectivity index (χ4n) is 2.38. The van der Waals surface area contributed by atoms with E-state index in [9.17, 15) is 4.79 Å². The predicted octanol–water partition coefficient (Wildman–Crippen LogP) is 0.914. The van der Waals surface area contributed by atoms with Gasteiger partial charge < -0.3 is 15.5 Å². The SMILES string of the molecule is CCC(N)CC(=O)N1CCC(CN(C)C)CC1. The molecule has 0 bridgehead atoms. The molecule has 4 heteroatoms. The Bertz CT molecular complexity index is 235. The van der Waals surface area contributed by atoms with Gasteiger partial charge >= 0.3 is 0 Å². The highest BCUT2D eigenvalue weighted by Gasteiger charge is 2.23. The first kappa shape index (κ1) is 14.5. The molecule has 0 spiro atoms. The van der Waals surface area contributed by atoms with Crippen molar-refractivity contribution in [2.24, 2.45) is 11.7 Å². The van der Waals surface area contributed by atoms with Crippen LogP contribution in [0.15, 0.2) is 0 Å². The number of nitrogens with two attached hydrogens (primary N) is 1. The molecule has 1 rings (SSSR count). The zero-order chi connectivity index (χ0) is 12.8. The highest BCUT2D eigenvalue weighted by molar-refractivity contribution is 5.76. The van der Waals surface area contributed by atoms with Gasteiger partial charge in [0, 0.05) is 32.1 Å². The molecule has 1 unspecified atom stereocenters. The topological polar surface area (TPSA) is 49.6 Å². The van der Waals surface area contributed by atoms with Crippen molar-refractivity contribution in [2.45, 2.75) is 38.6 Å². The second kappa shape index (κ2) is 6.97. The van der Waals surface area contributed by atoms with Crippen LogP contribution in [0.5, 0.6) is 0 Å². The molecule has 0 saturated carbocycles. The summed E-state index contributed by atoms with van der Waals surface area (Å²) >= 11 is 0. The van der Waals surface area contributed by atoms with Gasteiger partial charge in [0.15, 0.2) is 0 Å². The zero-order valence-electron chi connectivity index (χ0n) is 11.5. The number of piperidine rings is 1. The Kier molecular flexibility index (Phi) is 5.92. The van der Waals surface area contributed by atoms with Gasteiger partial charge in [-0.25, -0.2) is 0 Å². The van der Waals surface area contributed by atoms with E-state index in [2.05, 4.69) is 19.0 Å². The number of rotatable bonds is 5. The van der Waals surface area contributed by atoms with E-state index in [0.717, 1.165) is 44.8 Å². The van der Waals surface area contributed by atoms with Crippen LogP contribution in [0.3, 0.4) is 0 Å². The number of likely N-dealkylation sites (tertiary alicyclic amines) is 1. The molecule has 1 fully saturated rings. The monoisotopic (exact) mass is 241 g/mol.